The third-order valence-electron chi connectivity index (χ3n) is 7.99. The summed E-state index contributed by atoms with van der Waals surface area (Å²) in [5.74, 6) is 0. The van der Waals surface area contributed by atoms with E-state index >= 15 is 0 Å². The first kappa shape index (κ1) is 19.8. The van der Waals surface area contributed by atoms with Crippen LogP contribution in [0, 0.1) is 6.33 Å². The van der Waals surface area contributed by atoms with Gasteiger partial charge in [-0.15, -0.1) is 0 Å². The molecule has 2 heterocycles. The van der Waals surface area contributed by atoms with Crippen LogP contribution < -0.4 is 4.57 Å². The van der Waals surface area contributed by atoms with Crippen molar-refractivity contribution in [2.45, 2.75) is 96.9 Å². The monoisotopic (exact) mass is 400 g/mol. The van der Waals surface area contributed by atoms with E-state index in [-0.39, 0.29) is 16.2 Å². The van der Waals surface area contributed by atoms with Gasteiger partial charge in [-0.1, -0.05) is 85.2 Å². The van der Waals surface area contributed by atoms with Gasteiger partial charge in [0.15, 0.2) is 0 Å². The molecule has 0 atom stereocenters. The molecule has 0 N–H and O–H groups in total. The normalized spacial score (nSPS) is 20.1. The van der Waals surface area contributed by atoms with Crippen molar-refractivity contribution < 1.29 is 4.57 Å². The number of rotatable bonds is 3. The lowest BCUT2D eigenvalue weighted by Gasteiger charge is -2.48. The molecular formula is C28H36N2. The molecule has 0 radical (unpaired) electrons. The highest BCUT2D eigenvalue weighted by Crippen LogP contribution is 2.53. The van der Waals surface area contributed by atoms with Crippen LogP contribution in [0.2, 0.25) is 0 Å². The van der Waals surface area contributed by atoms with E-state index in [0.29, 0.717) is 0 Å². The molecule has 30 heavy (non-hydrogen) atoms. The molecule has 0 amide bonds. The van der Waals surface area contributed by atoms with Gasteiger partial charge in [0.1, 0.15) is 0 Å². The Morgan fingerprint density at radius 2 is 1.63 bits per heavy atom. The smallest absolute Gasteiger partial charge is 0.244 e. The van der Waals surface area contributed by atoms with Crippen LogP contribution in [0.15, 0.2) is 30.3 Å². The number of imidazole rings is 1. The Bertz CT molecular complexity index is 1160. The molecule has 2 aromatic carbocycles. The second kappa shape index (κ2) is 6.22. The van der Waals surface area contributed by atoms with Gasteiger partial charge in [-0.2, -0.15) is 0 Å². The van der Waals surface area contributed by atoms with Crippen LogP contribution in [0.3, 0.4) is 0 Å². The van der Waals surface area contributed by atoms with Crippen molar-refractivity contribution in [2.75, 3.05) is 0 Å². The highest BCUT2D eigenvalue weighted by Gasteiger charge is 2.44. The van der Waals surface area contributed by atoms with Crippen molar-refractivity contribution in [3.05, 3.63) is 58.9 Å². The number of unbranched alkanes of at least 4 members (excludes halogenated alkanes) is 1. The number of fused-ring (bicyclic) bond motifs is 4. The number of benzene rings is 2. The molecular weight excluding hydrogens is 364 g/mol. The van der Waals surface area contributed by atoms with Crippen molar-refractivity contribution >= 4 is 11.0 Å². The molecule has 2 heteroatoms. The SMILES string of the molecule is CCCCn1[c-][n+]2c3c(cccc31)C(C)(C)c1c-2ccc2c1C(C)(C)CCC2(C)C. The first-order chi connectivity index (χ1) is 14.1. The highest BCUT2D eigenvalue weighted by molar-refractivity contribution is 5.81. The molecule has 0 spiro atoms. The maximum atomic E-state index is 3.75. The molecule has 0 bridgehead atoms. The summed E-state index contributed by atoms with van der Waals surface area (Å²) in [5.41, 5.74) is 10.5. The van der Waals surface area contributed by atoms with E-state index < -0.39 is 0 Å². The van der Waals surface area contributed by atoms with E-state index in [1.165, 1.54) is 53.5 Å². The van der Waals surface area contributed by atoms with Crippen molar-refractivity contribution in [1.82, 2.24) is 4.57 Å². The van der Waals surface area contributed by atoms with Gasteiger partial charge in [-0.05, 0) is 52.3 Å². The molecule has 1 aliphatic carbocycles. The lowest BCUT2D eigenvalue weighted by atomic mass is 9.58. The van der Waals surface area contributed by atoms with Gasteiger partial charge in [-0.3, -0.25) is 0 Å². The summed E-state index contributed by atoms with van der Waals surface area (Å²) in [5, 5.41) is 0. The molecule has 0 saturated carbocycles. The summed E-state index contributed by atoms with van der Waals surface area (Å²) < 4.78 is 4.72. The van der Waals surface area contributed by atoms with Crippen LogP contribution in [0.4, 0.5) is 0 Å². The van der Waals surface area contributed by atoms with E-state index in [1.807, 2.05) is 0 Å². The molecule has 2 nitrogen and oxygen atoms in total. The zero-order valence-electron chi connectivity index (χ0n) is 19.8. The van der Waals surface area contributed by atoms with E-state index in [9.17, 15) is 0 Å². The van der Waals surface area contributed by atoms with E-state index in [2.05, 4.69) is 94.3 Å². The fourth-order valence-corrected chi connectivity index (χ4v) is 6.07. The van der Waals surface area contributed by atoms with Gasteiger partial charge in [0.2, 0.25) is 6.33 Å². The predicted molar refractivity (Wildman–Crippen MR) is 125 cm³/mol. The third-order valence-corrected chi connectivity index (χ3v) is 7.99. The van der Waals surface area contributed by atoms with Crippen molar-refractivity contribution in [2.24, 2.45) is 0 Å². The highest BCUT2D eigenvalue weighted by atomic mass is 15.1. The van der Waals surface area contributed by atoms with Crippen LogP contribution in [0.25, 0.3) is 16.7 Å². The Kier molecular flexibility index (Phi) is 4.11. The molecule has 2 aliphatic rings. The fraction of sp³-hybridized carbons (Fsp3) is 0.536. The van der Waals surface area contributed by atoms with Gasteiger partial charge < -0.3 is 9.13 Å². The Hall–Kier alpha value is -2.09. The molecule has 1 aliphatic heterocycles. The zero-order valence-corrected chi connectivity index (χ0v) is 19.8. The summed E-state index contributed by atoms with van der Waals surface area (Å²) in [6.07, 6.45) is 8.62. The average Bonchev–Trinajstić information content (AvgIpc) is 3.07. The lowest BCUT2D eigenvalue weighted by Crippen LogP contribution is -2.45. The van der Waals surface area contributed by atoms with Crippen LogP contribution in [-0.4, -0.2) is 4.57 Å². The summed E-state index contributed by atoms with van der Waals surface area (Å²) in [7, 11) is 0. The minimum atomic E-state index is -0.0321. The van der Waals surface area contributed by atoms with Crippen molar-refractivity contribution in [3.8, 4) is 5.69 Å². The number of hydrogen-bond donors (Lipinski definition) is 0. The average molecular weight is 401 g/mol. The Morgan fingerprint density at radius 3 is 2.37 bits per heavy atom. The standard InChI is InChI=1S/C28H36N2/c1-8-9-17-29-18-30-21-14-13-19-23(27(4,5)16-15-26(19,2)3)24(21)28(6,7)20-11-10-12-22(29)25(20)30/h10-14H,8-9,15-17H2,1-7H3. The van der Waals surface area contributed by atoms with E-state index in [0.717, 1.165) is 6.54 Å². The summed E-state index contributed by atoms with van der Waals surface area (Å²) in [6.45, 7) is 17.9. The van der Waals surface area contributed by atoms with Crippen molar-refractivity contribution in [3.63, 3.8) is 0 Å². The minimum Gasteiger partial charge on any atom is -0.319 e. The van der Waals surface area contributed by atoms with Crippen molar-refractivity contribution in [1.29, 1.82) is 0 Å². The van der Waals surface area contributed by atoms with E-state index in [1.54, 1.807) is 11.1 Å². The van der Waals surface area contributed by atoms with Gasteiger partial charge in [0.25, 0.3) is 0 Å². The number of aromatic nitrogens is 2. The summed E-state index contributed by atoms with van der Waals surface area (Å²) >= 11 is 0. The Labute approximate surface area is 181 Å². The number of nitrogens with zero attached hydrogens (tertiary/aromatic N) is 2. The molecule has 0 fully saturated rings. The quantitative estimate of drug-likeness (QED) is 0.350. The first-order valence-corrected chi connectivity index (χ1v) is 11.8. The number of para-hydroxylation sites is 1. The topological polar surface area (TPSA) is 8.81 Å². The molecule has 5 rings (SSSR count). The maximum absolute atomic E-state index is 3.75. The maximum Gasteiger partial charge on any atom is 0.244 e. The second-order valence-electron chi connectivity index (χ2n) is 11.4. The Morgan fingerprint density at radius 1 is 0.900 bits per heavy atom. The zero-order chi connectivity index (χ0) is 21.5. The number of aryl methyl sites for hydroxylation is 1. The minimum absolute atomic E-state index is 0.0321. The lowest BCUT2D eigenvalue weighted by molar-refractivity contribution is -0.575. The van der Waals surface area contributed by atoms with Gasteiger partial charge >= 0.3 is 0 Å². The van der Waals surface area contributed by atoms with Gasteiger partial charge in [-0.25, -0.2) is 0 Å². The van der Waals surface area contributed by atoms with Crippen LogP contribution in [-0.2, 0) is 22.8 Å². The molecule has 1 aromatic heterocycles. The van der Waals surface area contributed by atoms with Crippen LogP contribution in [0.1, 0.15) is 96.4 Å². The van der Waals surface area contributed by atoms with Crippen LogP contribution >= 0.6 is 0 Å². The fourth-order valence-electron chi connectivity index (χ4n) is 6.07. The molecule has 158 valence electrons. The molecule has 3 aromatic rings. The molecule has 0 saturated heterocycles. The second-order valence-corrected chi connectivity index (χ2v) is 11.4. The largest absolute Gasteiger partial charge is 0.319 e. The van der Waals surface area contributed by atoms with E-state index in [4.69, 9.17) is 0 Å². The van der Waals surface area contributed by atoms with Gasteiger partial charge in [0, 0.05) is 5.41 Å². The predicted octanol–water partition coefficient (Wildman–Crippen LogP) is 6.51. The number of hydrogen-bond acceptors (Lipinski definition) is 0. The molecule has 0 unspecified atom stereocenters. The summed E-state index contributed by atoms with van der Waals surface area (Å²) in [4.78, 5) is 0. The summed E-state index contributed by atoms with van der Waals surface area (Å²) in [6, 6.07) is 11.7. The first-order valence-electron chi connectivity index (χ1n) is 11.8. The third kappa shape index (κ3) is 2.52. The van der Waals surface area contributed by atoms with Gasteiger partial charge in [0.05, 0.1) is 23.3 Å². The van der Waals surface area contributed by atoms with Crippen LogP contribution in [0.5, 0.6) is 0 Å². The Balaban J connectivity index is 1.89.